The summed E-state index contributed by atoms with van der Waals surface area (Å²) in [6, 6.07) is 5.95. The molecule has 0 bridgehead atoms. The fraction of sp³-hybridized carbons (Fsp3) is 0.588. The Morgan fingerprint density at radius 3 is 2.65 bits per heavy atom. The summed E-state index contributed by atoms with van der Waals surface area (Å²) in [7, 11) is 0. The number of amides is 1. The zero-order chi connectivity index (χ0) is 14.5. The van der Waals surface area contributed by atoms with Crippen LogP contribution in [0.4, 0.5) is 0 Å². The smallest absolute Gasteiger partial charge is 0.251 e. The molecule has 3 nitrogen and oxygen atoms in total. The summed E-state index contributed by atoms with van der Waals surface area (Å²) in [5.74, 6) is 0.777. The highest BCUT2D eigenvalue weighted by atomic mass is 16.3. The van der Waals surface area contributed by atoms with Crippen molar-refractivity contribution in [1.82, 2.24) is 5.32 Å². The van der Waals surface area contributed by atoms with E-state index >= 15 is 0 Å². The first-order chi connectivity index (χ1) is 9.61. The number of aliphatic hydroxyl groups excluding tert-OH is 1. The van der Waals surface area contributed by atoms with Gasteiger partial charge in [0.15, 0.2) is 0 Å². The van der Waals surface area contributed by atoms with Crippen LogP contribution in [0.5, 0.6) is 0 Å². The Morgan fingerprint density at radius 2 is 1.95 bits per heavy atom. The topological polar surface area (TPSA) is 49.3 Å². The summed E-state index contributed by atoms with van der Waals surface area (Å²) >= 11 is 0. The summed E-state index contributed by atoms with van der Waals surface area (Å²) in [6.07, 6.45) is 4.60. The minimum absolute atomic E-state index is 0.00784. The minimum atomic E-state index is 0.00784. The molecule has 1 amide bonds. The predicted molar refractivity (Wildman–Crippen MR) is 80.8 cm³/mol. The van der Waals surface area contributed by atoms with Crippen molar-refractivity contribution in [3.8, 4) is 0 Å². The molecule has 0 saturated heterocycles. The highest BCUT2D eigenvalue weighted by Crippen LogP contribution is 2.29. The molecule has 1 aliphatic carbocycles. The van der Waals surface area contributed by atoms with Crippen LogP contribution in [0.15, 0.2) is 18.2 Å². The number of benzene rings is 1. The molecule has 2 N–H and O–H groups in total. The highest BCUT2D eigenvalue weighted by molar-refractivity contribution is 5.95. The van der Waals surface area contributed by atoms with Crippen molar-refractivity contribution in [2.45, 2.75) is 39.5 Å². The maximum Gasteiger partial charge on any atom is 0.251 e. The molecule has 1 aliphatic rings. The minimum Gasteiger partial charge on any atom is -0.396 e. The van der Waals surface area contributed by atoms with E-state index in [0.717, 1.165) is 29.5 Å². The Bertz CT molecular complexity index is 470. The molecule has 2 unspecified atom stereocenters. The van der Waals surface area contributed by atoms with E-state index in [2.05, 4.69) is 5.32 Å². The van der Waals surface area contributed by atoms with Gasteiger partial charge in [0, 0.05) is 18.7 Å². The van der Waals surface area contributed by atoms with E-state index in [1.54, 1.807) is 0 Å². The van der Waals surface area contributed by atoms with Gasteiger partial charge in [-0.25, -0.2) is 0 Å². The van der Waals surface area contributed by atoms with Crippen molar-refractivity contribution in [3.63, 3.8) is 0 Å². The third kappa shape index (κ3) is 3.60. The Hall–Kier alpha value is -1.35. The maximum atomic E-state index is 12.3. The van der Waals surface area contributed by atoms with Gasteiger partial charge in [-0.2, -0.15) is 0 Å². The van der Waals surface area contributed by atoms with Gasteiger partial charge < -0.3 is 10.4 Å². The number of aryl methyl sites for hydroxylation is 2. The van der Waals surface area contributed by atoms with Gasteiger partial charge in [0.2, 0.25) is 0 Å². The highest BCUT2D eigenvalue weighted by Gasteiger charge is 2.24. The second kappa shape index (κ2) is 6.89. The number of hydrogen-bond acceptors (Lipinski definition) is 2. The van der Waals surface area contributed by atoms with E-state index in [-0.39, 0.29) is 12.5 Å². The van der Waals surface area contributed by atoms with E-state index in [1.165, 1.54) is 12.8 Å². The second-order valence-electron chi connectivity index (χ2n) is 6.02. The van der Waals surface area contributed by atoms with Crippen LogP contribution in [-0.2, 0) is 0 Å². The van der Waals surface area contributed by atoms with Crippen molar-refractivity contribution in [2.24, 2.45) is 11.8 Å². The number of nitrogens with one attached hydrogen (secondary N) is 1. The third-order valence-corrected chi connectivity index (χ3v) is 4.46. The number of aliphatic hydroxyl groups is 1. The Labute approximate surface area is 121 Å². The molecule has 110 valence electrons. The fourth-order valence-electron chi connectivity index (χ4n) is 3.09. The van der Waals surface area contributed by atoms with Crippen molar-refractivity contribution >= 4 is 5.91 Å². The van der Waals surface area contributed by atoms with E-state index < -0.39 is 0 Å². The lowest BCUT2D eigenvalue weighted by molar-refractivity contribution is 0.0908. The van der Waals surface area contributed by atoms with Gasteiger partial charge in [-0.1, -0.05) is 30.5 Å². The molecule has 0 aromatic heterocycles. The number of rotatable bonds is 4. The average Bonchev–Trinajstić information content (AvgIpc) is 2.47. The monoisotopic (exact) mass is 275 g/mol. The average molecular weight is 275 g/mol. The van der Waals surface area contributed by atoms with Gasteiger partial charge in [0.25, 0.3) is 5.91 Å². The van der Waals surface area contributed by atoms with Gasteiger partial charge in [-0.15, -0.1) is 0 Å². The fourth-order valence-corrected chi connectivity index (χ4v) is 3.09. The molecule has 0 aliphatic heterocycles. The van der Waals surface area contributed by atoms with Crippen molar-refractivity contribution in [2.75, 3.05) is 13.2 Å². The summed E-state index contributed by atoms with van der Waals surface area (Å²) in [5.41, 5.74) is 2.88. The van der Waals surface area contributed by atoms with E-state index in [4.69, 9.17) is 0 Å². The number of carbonyl (C=O) groups is 1. The standard InChI is InChI=1S/C17H25NO2/c1-12-7-8-13(2)16(9-12)17(20)18-10-14-5-3-4-6-15(14)11-19/h7-9,14-15,19H,3-6,10-11H2,1-2H3,(H,18,20). The predicted octanol–water partition coefficient (Wildman–Crippen LogP) is 2.83. The second-order valence-corrected chi connectivity index (χ2v) is 6.02. The lowest BCUT2D eigenvalue weighted by Gasteiger charge is -2.30. The zero-order valence-electron chi connectivity index (χ0n) is 12.5. The molecule has 0 spiro atoms. The van der Waals surface area contributed by atoms with Crippen LogP contribution in [0.2, 0.25) is 0 Å². The molecule has 2 atom stereocenters. The van der Waals surface area contributed by atoms with Crippen LogP contribution >= 0.6 is 0 Å². The van der Waals surface area contributed by atoms with Crippen molar-refractivity contribution in [1.29, 1.82) is 0 Å². The lowest BCUT2D eigenvalue weighted by Crippen LogP contribution is -2.35. The molecule has 1 aromatic carbocycles. The van der Waals surface area contributed by atoms with Crippen molar-refractivity contribution < 1.29 is 9.90 Å². The third-order valence-electron chi connectivity index (χ3n) is 4.46. The Kier molecular flexibility index (Phi) is 5.18. The van der Waals surface area contributed by atoms with Gasteiger partial charge in [-0.05, 0) is 50.2 Å². The van der Waals surface area contributed by atoms with E-state index in [0.29, 0.717) is 18.4 Å². The Morgan fingerprint density at radius 1 is 1.25 bits per heavy atom. The largest absolute Gasteiger partial charge is 0.396 e. The Balaban J connectivity index is 1.96. The maximum absolute atomic E-state index is 12.3. The molecular formula is C17H25NO2. The van der Waals surface area contributed by atoms with Crippen LogP contribution in [-0.4, -0.2) is 24.2 Å². The molecule has 2 rings (SSSR count). The molecule has 1 saturated carbocycles. The quantitative estimate of drug-likeness (QED) is 0.887. The SMILES string of the molecule is Cc1ccc(C)c(C(=O)NCC2CCCCC2CO)c1. The zero-order valence-corrected chi connectivity index (χ0v) is 12.5. The molecule has 0 radical (unpaired) electrons. The summed E-state index contributed by atoms with van der Waals surface area (Å²) in [6.45, 7) is 4.88. The normalized spacial score (nSPS) is 22.6. The summed E-state index contributed by atoms with van der Waals surface area (Å²) < 4.78 is 0. The molecular weight excluding hydrogens is 250 g/mol. The van der Waals surface area contributed by atoms with Crippen LogP contribution in [0.3, 0.4) is 0 Å². The molecule has 0 heterocycles. The summed E-state index contributed by atoms with van der Waals surface area (Å²) in [4.78, 5) is 12.3. The van der Waals surface area contributed by atoms with E-state index in [9.17, 15) is 9.90 Å². The number of carbonyl (C=O) groups excluding carboxylic acids is 1. The summed E-state index contributed by atoms with van der Waals surface area (Å²) in [5, 5.41) is 12.5. The van der Waals surface area contributed by atoms with Crippen LogP contribution in [0.1, 0.15) is 47.2 Å². The molecule has 1 fully saturated rings. The van der Waals surface area contributed by atoms with Gasteiger partial charge in [0.1, 0.15) is 0 Å². The first-order valence-electron chi connectivity index (χ1n) is 7.58. The molecule has 20 heavy (non-hydrogen) atoms. The van der Waals surface area contributed by atoms with Crippen molar-refractivity contribution in [3.05, 3.63) is 34.9 Å². The van der Waals surface area contributed by atoms with Crippen LogP contribution in [0.25, 0.3) is 0 Å². The first-order valence-corrected chi connectivity index (χ1v) is 7.58. The molecule has 1 aromatic rings. The van der Waals surface area contributed by atoms with Gasteiger partial charge in [-0.3, -0.25) is 4.79 Å². The number of hydrogen-bond donors (Lipinski definition) is 2. The lowest BCUT2D eigenvalue weighted by atomic mass is 9.79. The van der Waals surface area contributed by atoms with Crippen LogP contribution < -0.4 is 5.32 Å². The van der Waals surface area contributed by atoms with Gasteiger partial charge >= 0.3 is 0 Å². The van der Waals surface area contributed by atoms with Gasteiger partial charge in [0.05, 0.1) is 0 Å². The van der Waals surface area contributed by atoms with Crippen LogP contribution in [0, 0.1) is 25.7 Å². The molecule has 3 heteroatoms. The first kappa shape index (κ1) is 15.0. The van der Waals surface area contributed by atoms with E-state index in [1.807, 2.05) is 32.0 Å².